The summed E-state index contributed by atoms with van der Waals surface area (Å²) < 4.78 is 30.9. The lowest BCUT2D eigenvalue weighted by atomic mass is 10.2. The molecule has 1 atom stereocenters. The zero-order valence-electron chi connectivity index (χ0n) is 12.8. The molecule has 7 nitrogen and oxygen atoms in total. The molecule has 1 aromatic heterocycles. The number of hydrogen-bond acceptors (Lipinski definition) is 6. The van der Waals surface area contributed by atoms with E-state index in [4.69, 9.17) is 4.74 Å². The van der Waals surface area contributed by atoms with Crippen molar-refractivity contribution in [1.82, 2.24) is 9.29 Å². The molecule has 1 aromatic carbocycles. The SMILES string of the molecule is COc1cccc2sc(NC(=O)[C@@H]3CCCN3S(C)(=O)=O)nc12. The number of amides is 1. The topological polar surface area (TPSA) is 88.6 Å². The summed E-state index contributed by atoms with van der Waals surface area (Å²) >= 11 is 1.33. The monoisotopic (exact) mass is 355 g/mol. The maximum Gasteiger partial charge on any atom is 0.244 e. The third-order valence-electron chi connectivity index (χ3n) is 3.76. The number of nitrogens with zero attached hydrogens (tertiary/aromatic N) is 2. The number of benzene rings is 1. The van der Waals surface area contributed by atoms with Gasteiger partial charge in [0.2, 0.25) is 15.9 Å². The lowest BCUT2D eigenvalue weighted by molar-refractivity contribution is -0.119. The molecule has 1 aliphatic rings. The molecule has 1 aliphatic heterocycles. The van der Waals surface area contributed by atoms with Crippen LogP contribution in [0.4, 0.5) is 5.13 Å². The Labute approximate surface area is 138 Å². The van der Waals surface area contributed by atoms with Crippen LogP contribution >= 0.6 is 11.3 Å². The van der Waals surface area contributed by atoms with Crippen molar-refractivity contribution in [3.8, 4) is 5.75 Å². The number of nitrogens with one attached hydrogen (secondary N) is 1. The second kappa shape index (κ2) is 6.06. The third kappa shape index (κ3) is 3.17. The number of aromatic nitrogens is 1. The van der Waals surface area contributed by atoms with Gasteiger partial charge in [-0.1, -0.05) is 17.4 Å². The van der Waals surface area contributed by atoms with Crippen LogP contribution in [-0.2, 0) is 14.8 Å². The van der Waals surface area contributed by atoms with Gasteiger partial charge in [0, 0.05) is 6.54 Å². The Morgan fingerprint density at radius 1 is 1.48 bits per heavy atom. The van der Waals surface area contributed by atoms with Gasteiger partial charge in [-0.05, 0) is 25.0 Å². The number of thiazole rings is 1. The maximum atomic E-state index is 12.4. The molecule has 0 aliphatic carbocycles. The van der Waals surface area contributed by atoms with Gasteiger partial charge in [-0.3, -0.25) is 4.79 Å². The van der Waals surface area contributed by atoms with Crippen molar-refractivity contribution >= 4 is 42.6 Å². The van der Waals surface area contributed by atoms with Crippen molar-refractivity contribution in [2.75, 3.05) is 25.2 Å². The zero-order valence-corrected chi connectivity index (χ0v) is 14.4. The number of para-hydroxylation sites is 1. The van der Waals surface area contributed by atoms with E-state index in [1.165, 1.54) is 15.6 Å². The van der Waals surface area contributed by atoms with Crippen molar-refractivity contribution < 1.29 is 17.9 Å². The summed E-state index contributed by atoms with van der Waals surface area (Å²) in [6.07, 6.45) is 2.33. The highest BCUT2D eigenvalue weighted by atomic mass is 32.2. The Bertz CT molecular complexity index is 847. The summed E-state index contributed by atoms with van der Waals surface area (Å²) in [6.45, 7) is 0.380. The van der Waals surface area contributed by atoms with Crippen molar-refractivity contribution in [1.29, 1.82) is 0 Å². The summed E-state index contributed by atoms with van der Waals surface area (Å²) in [5, 5.41) is 3.17. The lowest BCUT2D eigenvalue weighted by Gasteiger charge is -2.20. The number of carbonyl (C=O) groups excluding carboxylic acids is 1. The van der Waals surface area contributed by atoms with Crippen LogP contribution in [0.15, 0.2) is 18.2 Å². The number of ether oxygens (including phenoxy) is 1. The minimum atomic E-state index is -3.39. The van der Waals surface area contributed by atoms with Crippen molar-refractivity contribution in [2.24, 2.45) is 0 Å². The Morgan fingerprint density at radius 2 is 2.26 bits per heavy atom. The fraction of sp³-hybridized carbons (Fsp3) is 0.429. The van der Waals surface area contributed by atoms with E-state index in [1.54, 1.807) is 13.2 Å². The highest BCUT2D eigenvalue weighted by Gasteiger charge is 2.36. The average molecular weight is 355 g/mol. The number of methoxy groups -OCH3 is 1. The minimum Gasteiger partial charge on any atom is -0.494 e. The molecular weight excluding hydrogens is 338 g/mol. The summed E-state index contributed by atoms with van der Waals surface area (Å²) in [6, 6.07) is 4.88. The van der Waals surface area contributed by atoms with Gasteiger partial charge in [0.1, 0.15) is 17.3 Å². The highest BCUT2D eigenvalue weighted by molar-refractivity contribution is 7.88. The number of sulfonamides is 1. The van der Waals surface area contributed by atoms with E-state index < -0.39 is 16.1 Å². The van der Waals surface area contributed by atoms with Crippen LogP contribution < -0.4 is 10.1 Å². The van der Waals surface area contributed by atoms with Gasteiger partial charge in [-0.2, -0.15) is 4.31 Å². The first-order valence-corrected chi connectivity index (χ1v) is 9.78. The van der Waals surface area contributed by atoms with Crippen LogP contribution in [0.25, 0.3) is 10.2 Å². The molecule has 0 saturated carbocycles. The predicted octanol–water partition coefficient (Wildman–Crippen LogP) is 1.67. The molecule has 2 aromatic rings. The van der Waals surface area contributed by atoms with Crippen LogP contribution in [0.2, 0.25) is 0 Å². The Kier molecular flexibility index (Phi) is 4.26. The van der Waals surface area contributed by atoms with E-state index in [1.807, 2.05) is 12.1 Å². The van der Waals surface area contributed by atoms with E-state index in [-0.39, 0.29) is 5.91 Å². The van der Waals surface area contributed by atoms with Crippen LogP contribution in [0.3, 0.4) is 0 Å². The van der Waals surface area contributed by atoms with Crippen molar-refractivity contribution in [2.45, 2.75) is 18.9 Å². The second-order valence-electron chi connectivity index (χ2n) is 5.35. The number of fused-ring (bicyclic) bond motifs is 1. The minimum absolute atomic E-state index is 0.342. The average Bonchev–Trinajstić information content (AvgIpc) is 3.12. The second-order valence-corrected chi connectivity index (χ2v) is 8.31. The molecule has 9 heteroatoms. The van der Waals surface area contributed by atoms with Gasteiger partial charge in [-0.15, -0.1) is 0 Å². The summed E-state index contributed by atoms with van der Waals surface area (Å²) in [5.74, 6) is 0.295. The fourth-order valence-corrected chi connectivity index (χ4v) is 4.74. The fourth-order valence-electron chi connectivity index (χ4n) is 2.73. The molecule has 23 heavy (non-hydrogen) atoms. The molecule has 0 radical (unpaired) electrons. The van der Waals surface area contributed by atoms with Crippen LogP contribution in [0, 0.1) is 0 Å². The van der Waals surface area contributed by atoms with Gasteiger partial charge in [0.05, 0.1) is 18.1 Å². The molecule has 3 rings (SSSR count). The maximum absolute atomic E-state index is 12.4. The zero-order chi connectivity index (χ0) is 16.6. The van der Waals surface area contributed by atoms with Gasteiger partial charge in [0.25, 0.3) is 0 Å². The number of rotatable bonds is 4. The Morgan fingerprint density at radius 3 is 2.96 bits per heavy atom. The number of carbonyl (C=O) groups is 1. The molecule has 1 fully saturated rings. The largest absolute Gasteiger partial charge is 0.494 e. The first-order chi connectivity index (χ1) is 10.9. The van der Waals surface area contributed by atoms with E-state index >= 15 is 0 Å². The van der Waals surface area contributed by atoms with E-state index in [2.05, 4.69) is 10.3 Å². The van der Waals surface area contributed by atoms with Gasteiger partial charge >= 0.3 is 0 Å². The molecule has 1 amide bonds. The molecule has 1 saturated heterocycles. The standard InChI is InChI=1S/C14H17N3O4S2/c1-21-10-6-3-7-11-12(10)15-14(22-11)16-13(18)9-5-4-8-17(9)23(2,19)20/h3,6-7,9H,4-5,8H2,1-2H3,(H,15,16,18)/t9-/m0/s1. The van der Waals surface area contributed by atoms with Crippen LogP contribution in [-0.4, -0.2) is 49.6 Å². The van der Waals surface area contributed by atoms with E-state index in [9.17, 15) is 13.2 Å². The van der Waals surface area contributed by atoms with Gasteiger partial charge in [0.15, 0.2) is 5.13 Å². The Hall–Kier alpha value is -1.71. The molecule has 2 heterocycles. The quantitative estimate of drug-likeness (QED) is 0.901. The van der Waals surface area contributed by atoms with Crippen molar-refractivity contribution in [3.05, 3.63) is 18.2 Å². The first-order valence-electron chi connectivity index (χ1n) is 7.11. The van der Waals surface area contributed by atoms with E-state index in [0.29, 0.717) is 35.8 Å². The predicted molar refractivity (Wildman–Crippen MR) is 89.4 cm³/mol. The van der Waals surface area contributed by atoms with Crippen molar-refractivity contribution in [3.63, 3.8) is 0 Å². The van der Waals surface area contributed by atoms with Gasteiger partial charge < -0.3 is 10.1 Å². The van der Waals surface area contributed by atoms with Gasteiger partial charge in [-0.25, -0.2) is 13.4 Å². The number of anilines is 1. The molecular formula is C14H17N3O4S2. The lowest BCUT2D eigenvalue weighted by Crippen LogP contribution is -2.42. The summed E-state index contributed by atoms with van der Waals surface area (Å²) in [4.78, 5) is 16.8. The molecule has 0 bridgehead atoms. The third-order valence-corrected chi connectivity index (χ3v) is 5.99. The first kappa shape index (κ1) is 16.2. The number of hydrogen-bond donors (Lipinski definition) is 1. The molecule has 1 N–H and O–H groups in total. The highest BCUT2D eigenvalue weighted by Crippen LogP contribution is 2.32. The molecule has 124 valence electrons. The summed E-state index contributed by atoms with van der Waals surface area (Å²) in [7, 11) is -1.82. The smallest absolute Gasteiger partial charge is 0.244 e. The van der Waals surface area contributed by atoms with Crippen LogP contribution in [0.5, 0.6) is 5.75 Å². The summed E-state index contributed by atoms with van der Waals surface area (Å²) in [5.41, 5.74) is 0.682. The Balaban J connectivity index is 1.83. The molecule has 0 spiro atoms. The van der Waals surface area contributed by atoms with Crippen LogP contribution in [0.1, 0.15) is 12.8 Å². The van der Waals surface area contributed by atoms with E-state index in [0.717, 1.165) is 11.0 Å². The normalized spacial score (nSPS) is 19.1. The molecule has 0 unspecified atom stereocenters.